The van der Waals surface area contributed by atoms with E-state index in [9.17, 15) is 0 Å². The lowest BCUT2D eigenvalue weighted by Crippen LogP contribution is -1.68. The van der Waals surface area contributed by atoms with E-state index in [0.717, 1.165) is 0 Å². The highest BCUT2D eigenvalue weighted by atomic mass is 35.5. The van der Waals surface area contributed by atoms with Gasteiger partial charge in [0.05, 0.1) is 0 Å². The summed E-state index contributed by atoms with van der Waals surface area (Å²) in [6.45, 7) is 5.74. The van der Waals surface area contributed by atoms with Gasteiger partial charge in [-0.15, -0.1) is 0 Å². The molecule has 2 nitrogen and oxygen atoms in total. The minimum Gasteiger partial charge on any atom is -0.410 e. The first-order valence-corrected chi connectivity index (χ1v) is 2.90. The molecule has 1 N–H and O–H groups in total. The summed E-state index contributed by atoms with van der Waals surface area (Å²) in [6, 6.07) is 0. The van der Waals surface area contributed by atoms with Gasteiger partial charge in [0.2, 0.25) is 0 Å². The third-order valence-corrected chi connectivity index (χ3v) is 0.213. The van der Waals surface area contributed by atoms with Gasteiger partial charge in [-0.05, 0) is 6.92 Å². The highest BCUT2D eigenvalue weighted by molar-refractivity contribution is 6.64. The van der Waals surface area contributed by atoms with Crippen molar-refractivity contribution in [1.29, 1.82) is 0 Å². The Morgan fingerprint density at radius 1 is 1.40 bits per heavy atom. The molecule has 0 aliphatic heterocycles. The van der Waals surface area contributed by atoms with Gasteiger partial charge in [0.15, 0.2) is 0 Å². The lowest BCUT2D eigenvalue weighted by molar-refractivity contribution is 0.320. The van der Waals surface area contributed by atoms with Crippen molar-refractivity contribution in [3.63, 3.8) is 0 Å². The topological polar surface area (TPSA) is 32.6 Å². The average Bonchev–Trinajstić information content (AvgIpc) is 1.69. The fourth-order valence-electron chi connectivity index (χ4n) is 0. The highest BCUT2D eigenvalue weighted by Crippen LogP contribution is 1.75. The second kappa shape index (κ2) is 23.3. The third-order valence-electron chi connectivity index (χ3n) is 0.138. The molecule has 0 aromatic heterocycles. The number of rotatable bonds is 0. The molecule has 0 aliphatic carbocycles. The van der Waals surface area contributed by atoms with Gasteiger partial charge in [0.25, 0.3) is 0 Å². The highest BCUT2D eigenvalue weighted by Gasteiger charge is 1.69. The molecule has 0 saturated heterocycles. The molecule has 0 rings (SSSR count). The summed E-state index contributed by atoms with van der Waals surface area (Å²) in [5, 5.41) is 10.3. The molecular formula is C7H20ClNO. The quantitative estimate of drug-likeness (QED) is 0.335. The number of hydrogen-bond donors (Lipinski definition) is 1. The third kappa shape index (κ3) is 114. The van der Waals surface area contributed by atoms with Crippen LogP contribution in [0.2, 0.25) is 0 Å². The maximum Gasteiger partial charge on any atom is 0.142 e. The summed E-state index contributed by atoms with van der Waals surface area (Å²) >= 11 is 4.96. The largest absolute Gasteiger partial charge is 0.410 e. The van der Waals surface area contributed by atoms with Crippen molar-refractivity contribution in [1.82, 2.24) is 0 Å². The fraction of sp³-hybridized carbons (Fsp3) is 0.857. The van der Waals surface area contributed by atoms with Gasteiger partial charge in [0.1, 0.15) is 5.17 Å². The van der Waals surface area contributed by atoms with Crippen molar-refractivity contribution < 1.29 is 5.21 Å². The molecule has 66 valence electrons. The first-order valence-electron chi connectivity index (χ1n) is 2.53. The first-order chi connectivity index (χ1) is 3.68. The lowest BCUT2D eigenvalue weighted by Gasteiger charge is -1.68. The van der Waals surface area contributed by atoms with E-state index in [1.807, 2.05) is 0 Å². The second-order valence-corrected chi connectivity index (χ2v) is 1.85. The molecule has 0 amide bonds. The van der Waals surface area contributed by atoms with Gasteiger partial charge >= 0.3 is 0 Å². The van der Waals surface area contributed by atoms with Gasteiger partial charge < -0.3 is 5.21 Å². The fourth-order valence-corrected chi connectivity index (χ4v) is 0. The van der Waals surface area contributed by atoms with E-state index < -0.39 is 0 Å². The summed E-state index contributed by atoms with van der Waals surface area (Å²) in [5.41, 5.74) is 0. The predicted molar refractivity (Wildman–Crippen MR) is 50.2 cm³/mol. The summed E-state index contributed by atoms with van der Waals surface area (Å²) in [7, 11) is 0. The minimum absolute atomic E-state index is 0. The molecule has 0 bridgehead atoms. The second-order valence-electron chi connectivity index (χ2n) is 1.30. The number of nitrogens with zero attached hydrogens (tertiary/aromatic N) is 1. The SMILES string of the molecule is C.C.C/C(Cl)=N/O.CCC. The number of hydrogen-bond acceptors (Lipinski definition) is 2. The summed E-state index contributed by atoms with van der Waals surface area (Å²) in [5.74, 6) is 0. The van der Waals surface area contributed by atoms with Crippen molar-refractivity contribution in [3.05, 3.63) is 0 Å². The first kappa shape index (κ1) is 22.6. The molecule has 0 atom stereocenters. The Labute approximate surface area is 69.9 Å². The summed E-state index contributed by atoms with van der Waals surface area (Å²) < 4.78 is 0. The molecule has 0 fully saturated rings. The number of halogens is 1. The molecule has 0 unspecified atom stereocenters. The van der Waals surface area contributed by atoms with E-state index in [-0.39, 0.29) is 20.0 Å². The van der Waals surface area contributed by atoms with Crippen molar-refractivity contribution in [2.75, 3.05) is 0 Å². The van der Waals surface area contributed by atoms with Crippen molar-refractivity contribution in [2.45, 2.75) is 42.0 Å². The Morgan fingerprint density at radius 3 is 1.50 bits per heavy atom. The predicted octanol–water partition coefficient (Wildman–Crippen LogP) is 3.72. The van der Waals surface area contributed by atoms with Gasteiger partial charge in [-0.2, -0.15) is 0 Å². The normalized spacial score (nSPS) is 7.80. The van der Waals surface area contributed by atoms with E-state index >= 15 is 0 Å². The van der Waals surface area contributed by atoms with E-state index in [0.29, 0.717) is 0 Å². The van der Waals surface area contributed by atoms with E-state index in [1.165, 1.54) is 13.3 Å². The number of oxime groups is 1. The van der Waals surface area contributed by atoms with Crippen LogP contribution in [0.25, 0.3) is 0 Å². The van der Waals surface area contributed by atoms with Gasteiger partial charge in [-0.1, -0.05) is 51.9 Å². The van der Waals surface area contributed by atoms with Crippen LogP contribution in [0.5, 0.6) is 0 Å². The molecule has 10 heavy (non-hydrogen) atoms. The molecule has 3 heteroatoms. The van der Waals surface area contributed by atoms with E-state index in [4.69, 9.17) is 16.8 Å². The van der Waals surface area contributed by atoms with Crippen molar-refractivity contribution in [3.8, 4) is 0 Å². The van der Waals surface area contributed by atoms with Crippen LogP contribution in [0.3, 0.4) is 0 Å². The molecule has 0 radical (unpaired) electrons. The Bertz CT molecular complexity index is 60.6. The van der Waals surface area contributed by atoms with Crippen LogP contribution in [0.15, 0.2) is 5.16 Å². The molecular weight excluding hydrogens is 150 g/mol. The maximum atomic E-state index is 7.60. The molecule has 0 aromatic carbocycles. The van der Waals surface area contributed by atoms with Crippen LogP contribution in [0.1, 0.15) is 42.0 Å². The standard InChI is InChI=1S/C3H8.C2H4ClNO.2CH4/c1-3-2;1-2(3)4-5;;/h3H2,1-2H3;5H,1H3;2*1H4/b;4-2-;;. The van der Waals surface area contributed by atoms with Gasteiger partial charge in [-0.25, -0.2) is 0 Å². The van der Waals surface area contributed by atoms with Gasteiger partial charge in [0, 0.05) is 0 Å². The minimum atomic E-state index is 0. The Kier molecular flexibility index (Phi) is 52.6. The maximum absolute atomic E-state index is 7.60. The summed E-state index contributed by atoms with van der Waals surface area (Å²) in [6.07, 6.45) is 1.25. The van der Waals surface area contributed by atoms with Crippen LogP contribution in [-0.4, -0.2) is 10.4 Å². The lowest BCUT2D eigenvalue weighted by atomic mass is 10.6. The van der Waals surface area contributed by atoms with Crippen LogP contribution in [0.4, 0.5) is 0 Å². The molecule has 0 spiro atoms. The molecule has 0 heterocycles. The van der Waals surface area contributed by atoms with E-state index in [2.05, 4.69) is 19.0 Å². The zero-order valence-electron chi connectivity index (χ0n) is 5.48. The molecule has 0 aliphatic rings. The zero-order chi connectivity index (χ0) is 6.99. The van der Waals surface area contributed by atoms with Crippen LogP contribution >= 0.6 is 11.6 Å². The molecule has 0 saturated carbocycles. The average molecular weight is 170 g/mol. The smallest absolute Gasteiger partial charge is 0.142 e. The Balaban J connectivity index is -0.0000000326. The van der Waals surface area contributed by atoms with Gasteiger partial charge in [-0.3, -0.25) is 0 Å². The Morgan fingerprint density at radius 2 is 1.50 bits per heavy atom. The van der Waals surface area contributed by atoms with Crippen LogP contribution in [0, 0.1) is 0 Å². The van der Waals surface area contributed by atoms with Crippen LogP contribution in [-0.2, 0) is 0 Å². The van der Waals surface area contributed by atoms with E-state index in [1.54, 1.807) is 0 Å². The van der Waals surface area contributed by atoms with Crippen molar-refractivity contribution >= 4 is 16.8 Å². The van der Waals surface area contributed by atoms with Crippen LogP contribution < -0.4 is 0 Å². The molecule has 0 aromatic rings. The zero-order valence-corrected chi connectivity index (χ0v) is 6.24. The monoisotopic (exact) mass is 169 g/mol. The summed E-state index contributed by atoms with van der Waals surface area (Å²) in [4.78, 5) is 0. The van der Waals surface area contributed by atoms with Crippen molar-refractivity contribution in [2.24, 2.45) is 5.16 Å². The Hall–Kier alpha value is -0.240.